The first-order chi connectivity index (χ1) is 9.17. The molecule has 0 aromatic carbocycles. The monoisotopic (exact) mass is 316 g/mol. The number of aromatic carboxylic acids is 1. The van der Waals surface area contributed by atoms with Crippen molar-refractivity contribution >= 4 is 41.0 Å². The average molecular weight is 316 g/mol. The lowest BCUT2D eigenvalue weighted by atomic mass is 10.1. The van der Waals surface area contributed by atoms with Crippen LogP contribution in [-0.2, 0) is 4.79 Å². The van der Waals surface area contributed by atoms with Gasteiger partial charge in [-0.1, -0.05) is 0 Å². The zero-order valence-electron chi connectivity index (χ0n) is 11.4. The van der Waals surface area contributed by atoms with E-state index in [0.29, 0.717) is 4.90 Å². The van der Waals surface area contributed by atoms with E-state index in [2.05, 4.69) is 10.6 Å². The lowest BCUT2D eigenvalue weighted by Crippen LogP contribution is -2.48. The highest BCUT2D eigenvalue weighted by atomic mass is 32.2. The number of carboxylic acids is 1. The highest BCUT2D eigenvalue weighted by molar-refractivity contribution is 8.00. The van der Waals surface area contributed by atoms with Crippen LogP contribution in [0, 0.1) is 0 Å². The highest BCUT2D eigenvalue weighted by Crippen LogP contribution is 2.24. The number of carbonyl (C=O) groups excluding carboxylic acids is 2. The summed E-state index contributed by atoms with van der Waals surface area (Å²) in [7, 11) is 0. The van der Waals surface area contributed by atoms with Crippen LogP contribution < -0.4 is 10.6 Å². The summed E-state index contributed by atoms with van der Waals surface area (Å²) in [4.78, 5) is 34.6. The van der Waals surface area contributed by atoms with Crippen LogP contribution in [-0.4, -0.2) is 34.3 Å². The second-order valence-electron chi connectivity index (χ2n) is 4.99. The van der Waals surface area contributed by atoms with E-state index in [4.69, 9.17) is 5.11 Å². The minimum Gasteiger partial charge on any atom is -0.477 e. The van der Waals surface area contributed by atoms with Gasteiger partial charge in [0.05, 0.1) is 5.75 Å². The van der Waals surface area contributed by atoms with Gasteiger partial charge in [0.2, 0.25) is 5.91 Å². The number of hydrogen-bond acceptors (Lipinski definition) is 5. The minimum absolute atomic E-state index is 0.0490. The van der Waals surface area contributed by atoms with Gasteiger partial charge in [0.15, 0.2) is 0 Å². The standard InChI is InChI=1S/C12H16N2O4S2/c1-12(2,3)14-11(18)13-9(15)6-19-7-4-8(10(16)17)20-5-7/h4-5H,6H2,1-3H3,(H,16,17)(H2,13,14,15,18). The number of urea groups is 1. The lowest BCUT2D eigenvalue weighted by Gasteiger charge is -2.20. The Bertz CT molecular complexity index is 520. The Morgan fingerprint density at radius 2 is 2.00 bits per heavy atom. The normalized spacial score (nSPS) is 10.9. The molecule has 0 spiro atoms. The molecule has 0 bridgehead atoms. The summed E-state index contributed by atoms with van der Waals surface area (Å²) in [6.45, 7) is 5.43. The van der Waals surface area contributed by atoms with Crippen LogP contribution in [0.25, 0.3) is 0 Å². The zero-order chi connectivity index (χ0) is 15.3. The van der Waals surface area contributed by atoms with E-state index in [-0.39, 0.29) is 10.6 Å². The van der Waals surface area contributed by atoms with Crippen LogP contribution >= 0.6 is 23.1 Å². The quantitative estimate of drug-likeness (QED) is 0.740. The third-order valence-corrected chi connectivity index (χ3v) is 3.94. The Hall–Kier alpha value is -1.54. The van der Waals surface area contributed by atoms with Crippen molar-refractivity contribution in [3.8, 4) is 0 Å². The number of carboxylic acid groups (broad SMARTS) is 1. The van der Waals surface area contributed by atoms with Gasteiger partial charge in [0.25, 0.3) is 0 Å². The number of rotatable bonds is 4. The second-order valence-corrected chi connectivity index (χ2v) is 6.95. The van der Waals surface area contributed by atoms with E-state index in [9.17, 15) is 14.4 Å². The first kappa shape index (κ1) is 16.5. The van der Waals surface area contributed by atoms with Gasteiger partial charge >= 0.3 is 12.0 Å². The first-order valence-corrected chi connectivity index (χ1v) is 7.60. The van der Waals surface area contributed by atoms with E-state index < -0.39 is 23.4 Å². The molecule has 0 atom stereocenters. The molecule has 1 aromatic rings. The largest absolute Gasteiger partial charge is 0.477 e. The molecule has 1 aromatic heterocycles. The average Bonchev–Trinajstić information content (AvgIpc) is 2.72. The first-order valence-electron chi connectivity index (χ1n) is 5.74. The molecule has 3 N–H and O–H groups in total. The Labute approximate surface area is 124 Å². The Kier molecular flexibility index (Phi) is 5.58. The van der Waals surface area contributed by atoms with Gasteiger partial charge in [-0.15, -0.1) is 23.1 Å². The molecule has 0 saturated heterocycles. The molecule has 0 fully saturated rings. The smallest absolute Gasteiger partial charge is 0.345 e. The molecule has 0 saturated carbocycles. The molecule has 1 rings (SSSR count). The van der Waals surface area contributed by atoms with Gasteiger partial charge in [0.1, 0.15) is 4.88 Å². The molecule has 6 nitrogen and oxygen atoms in total. The predicted octanol–water partition coefficient (Wildman–Crippen LogP) is 2.16. The number of carbonyl (C=O) groups is 3. The molecular weight excluding hydrogens is 300 g/mol. The summed E-state index contributed by atoms with van der Waals surface area (Å²) in [5.41, 5.74) is -0.415. The third kappa shape index (κ3) is 6.07. The molecular formula is C12H16N2O4S2. The molecule has 1 heterocycles. The van der Waals surface area contributed by atoms with E-state index >= 15 is 0 Å². The van der Waals surface area contributed by atoms with Gasteiger partial charge in [0, 0.05) is 15.8 Å². The third-order valence-electron chi connectivity index (χ3n) is 1.90. The fraction of sp³-hybridized carbons (Fsp3) is 0.417. The van der Waals surface area contributed by atoms with Crippen molar-refractivity contribution in [3.05, 3.63) is 16.3 Å². The van der Waals surface area contributed by atoms with Crippen molar-refractivity contribution in [3.63, 3.8) is 0 Å². The molecule has 110 valence electrons. The van der Waals surface area contributed by atoms with Crippen molar-refractivity contribution < 1.29 is 19.5 Å². The Morgan fingerprint density at radius 1 is 1.35 bits per heavy atom. The maximum atomic E-state index is 11.5. The molecule has 0 unspecified atom stereocenters. The second kappa shape index (κ2) is 6.76. The van der Waals surface area contributed by atoms with Crippen LogP contribution in [0.1, 0.15) is 30.4 Å². The number of amides is 3. The fourth-order valence-electron chi connectivity index (χ4n) is 1.19. The van der Waals surface area contributed by atoms with Crippen molar-refractivity contribution in [1.29, 1.82) is 0 Å². The summed E-state index contributed by atoms with van der Waals surface area (Å²) < 4.78 is 0. The van der Waals surface area contributed by atoms with Crippen LogP contribution in [0.3, 0.4) is 0 Å². The van der Waals surface area contributed by atoms with Crippen LogP contribution in [0.4, 0.5) is 4.79 Å². The zero-order valence-corrected chi connectivity index (χ0v) is 13.0. The van der Waals surface area contributed by atoms with Crippen molar-refractivity contribution in [2.45, 2.75) is 31.2 Å². The number of thioether (sulfide) groups is 1. The van der Waals surface area contributed by atoms with E-state index in [1.54, 1.807) is 5.38 Å². The molecule has 0 radical (unpaired) electrons. The molecule has 0 aliphatic heterocycles. The summed E-state index contributed by atoms with van der Waals surface area (Å²) >= 11 is 2.28. The maximum absolute atomic E-state index is 11.5. The SMILES string of the molecule is CC(C)(C)NC(=O)NC(=O)CSc1csc(C(=O)O)c1. The molecule has 3 amide bonds. The number of hydrogen-bond donors (Lipinski definition) is 3. The van der Waals surface area contributed by atoms with E-state index in [1.807, 2.05) is 20.8 Å². The van der Waals surface area contributed by atoms with Gasteiger partial charge < -0.3 is 10.4 Å². The minimum atomic E-state index is -0.990. The van der Waals surface area contributed by atoms with Gasteiger partial charge in [-0.25, -0.2) is 9.59 Å². The topological polar surface area (TPSA) is 95.5 Å². The summed E-state index contributed by atoms with van der Waals surface area (Å²) in [6, 6.07) is 0.958. The van der Waals surface area contributed by atoms with Gasteiger partial charge in [-0.3, -0.25) is 10.1 Å². The van der Waals surface area contributed by atoms with Crippen LogP contribution in [0.5, 0.6) is 0 Å². The van der Waals surface area contributed by atoms with E-state index in [1.165, 1.54) is 17.8 Å². The van der Waals surface area contributed by atoms with Crippen molar-refractivity contribution in [2.75, 3.05) is 5.75 Å². The van der Waals surface area contributed by atoms with Gasteiger partial charge in [-0.2, -0.15) is 0 Å². The Balaban J connectivity index is 2.39. The molecule has 0 aliphatic rings. The molecule has 0 aliphatic carbocycles. The fourth-order valence-corrected chi connectivity index (χ4v) is 2.86. The summed E-state index contributed by atoms with van der Waals surface area (Å²) in [5.74, 6) is -1.37. The van der Waals surface area contributed by atoms with Crippen LogP contribution in [0.2, 0.25) is 0 Å². The highest BCUT2D eigenvalue weighted by Gasteiger charge is 2.16. The number of thiophene rings is 1. The lowest BCUT2D eigenvalue weighted by molar-refractivity contribution is -0.117. The maximum Gasteiger partial charge on any atom is 0.345 e. The predicted molar refractivity (Wildman–Crippen MR) is 78.4 cm³/mol. The number of nitrogens with one attached hydrogen (secondary N) is 2. The van der Waals surface area contributed by atoms with Crippen molar-refractivity contribution in [1.82, 2.24) is 10.6 Å². The Morgan fingerprint density at radius 3 is 2.50 bits per heavy atom. The van der Waals surface area contributed by atoms with Gasteiger partial charge in [-0.05, 0) is 26.8 Å². The van der Waals surface area contributed by atoms with E-state index in [0.717, 1.165) is 11.3 Å². The van der Waals surface area contributed by atoms with Crippen LogP contribution in [0.15, 0.2) is 16.3 Å². The molecule has 20 heavy (non-hydrogen) atoms. The molecule has 8 heteroatoms. The summed E-state index contributed by atoms with van der Waals surface area (Å²) in [5, 5.41) is 15.3. The number of imide groups is 1. The van der Waals surface area contributed by atoms with Crippen molar-refractivity contribution in [2.24, 2.45) is 0 Å². The summed E-state index contributed by atoms with van der Waals surface area (Å²) in [6.07, 6.45) is 0.